The number of hydrogen-bond acceptors (Lipinski definition) is 15. The molecule has 107 heavy (non-hydrogen) atoms. The van der Waals surface area contributed by atoms with Crippen molar-refractivity contribution in [3.63, 3.8) is 0 Å². The van der Waals surface area contributed by atoms with Crippen molar-refractivity contribution in [3.05, 3.63) is 0 Å². The lowest BCUT2D eigenvalue weighted by Crippen LogP contribution is -2.30. The van der Waals surface area contributed by atoms with E-state index in [0.29, 0.717) is 25.7 Å². The number of esters is 4. The predicted octanol–water partition coefficient (Wildman–Crippen LogP) is 27.0. The lowest BCUT2D eigenvalue weighted by molar-refractivity contribution is -0.161. The number of ether oxygens (including phenoxy) is 4. The molecule has 0 spiro atoms. The topological polar surface area (TPSA) is 237 Å². The molecule has 0 saturated heterocycles. The molecule has 0 aromatic carbocycles. The first-order valence-corrected chi connectivity index (χ1v) is 48.5. The molecule has 17 nitrogen and oxygen atoms in total. The van der Waals surface area contributed by atoms with Crippen LogP contribution in [0.2, 0.25) is 0 Å². The summed E-state index contributed by atoms with van der Waals surface area (Å²) in [7, 11) is -9.93. The molecule has 5 atom stereocenters. The standard InChI is InChI=1S/C88H172O17P2/c1-7-9-11-13-15-17-19-21-22-23-24-25-26-27-30-35-42-48-54-60-66-72-87(92)104-83(77-99-86(91)71-65-59-53-47-41-34-31-28-29-33-38-44-50-56-62-68-80(3)4)78-102-106(94,95)100-74-82(89)75-101-107(96,97)103-79-84(76-98-85(90)70-64-58-52-46-40-32-20-18-16-14-12-10-8-2)105-88(93)73-67-61-55-49-43-37-36-39-45-51-57-63-69-81(5)6/h80-84,89H,7-79H2,1-6H3,(H,94,95)(H,96,97)/t82-,83-,84-/m1/s1. The van der Waals surface area contributed by atoms with Crippen LogP contribution < -0.4 is 0 Å². The van der Waals surface area contributed by atoms with Crippen molar-refractivity contribution in [1.82, 2.24) is 0 Å². The SMILES string of the molecule is CCCCCCCCCCCCCCCCCCCCCCCC(=O)O[C@H](COC(=O)CCCCCCCCCCCCCCCCCC(C)C)COP(=O)(O)OC[C@@H](O)COP(=O)(O)OC[C@@H](COC(=O)CCCCCCCCCCCCCCC)OC(=O)CCCCCCCCCCCCCCC(C)C. The third kappa shape index (κ3) is 81.9. The number of phosphoric ester groups is 2. The van der Waals surface area contributed by atoms with E-state index in [2.05, 4.69) is 41.5 Å². The fourth-order valence-corrected chi connectivity index (χ4v) is 15.4. The number of aliphatic hydroxyl groups excluding tert-OH is 1. The van der Waals surface area contributed by atoms with Gasteiger partial charge >= 0.3 is 39.5 Å². The van der Waals surface area contributed by atoms with Crippen LogP contribution >= 0.6 is 15.6 Å². The lowest BCUT2D eigenvalue weighted by Gasteiger charge is -2.21. The molecule has 19 heteroatoms. The van der Waals surface area contributed by atoms with Gasteiger partial charge in [0.15, 0.2) is 12.2 Å². The van der Waals surface area contributed by atoms with Crippen LogP contribution in [-0.4, -0.2) is 96.7 Å². The van der Waals surface area contributed by atoms with Gasteiger partial charge < -0.3 is 33.8 Å². The summed E-state index contributed by atoms with van der Waals surface area (Å²) in [6.07, 6.45) is 72.2. The monoisotopic (exact) mass is 1560 g/mol. The molecule has 0 aliphatic rings. The van der Waals surface area contributed by atoms with Gasteiger partial charge in [-0.1, -0.05) is 420 Å². The number of aliphatic hydroxyl groups is 1. The molecule has 0 fully saturated rings. The molecule has 0 rings (SSSR count). The van der Waals surface area contributed by atoms with E-state index >= 15 is 0 Å². The summed E-state index contributed by atoms with van der Waals surface area (Å²) in [4.78, 5) is 73.3. The highest BCUT2D eigenvalue weighted by molar-refractivity contribution is 7.47. The normalized spacial score (nSPS) is 13.8. The maximum absolute atomic E-state index is 13.2. The second kappa shape index (κ2) is 79.3. The maximum atomic E-state index is 13.2. The van der Waals surface area contributed by atoms with Crippen LogP contribution in [0.3, 0.4) is 0 Å². The quantitative estimate of drug-likeness (QED) is 0.0222. The molecule has 0 amide bonds. The van der Waals surface area contributed by atoms with Gasteiger partial charge in [-0.05, 0) is 37.5 Å². The second-order valence-corrected chi connectivity index (χ2v) is 35.5. The van der Waals surface area contributed by atoms with E-state index in [1.807, 2.05) is 0 Å². The predicted molar refractivity (Wildman–Crippen MR) is 442 cm³/mol. The number of phosphoric acid groups is 2. The largest absolute Gasteiger partial charge is 0.472 e. The minimum Gasteiger partial charge on any atom is -0.462 e. The van der Waals surface area contributed by atoms with Gasteiger partial charge in [0.05, 0.1) is 26.4 Å². The molecule has 3 N–H and O–H groups in total. The number of carbonyl (C=O) groups is 4. The fourth-order valence-electron chi connectivity index (χ4n) is 13.8. The Morgan fingerprint density at radius 2 is 0.430 bits per heavy atom. The molecule has 0 saturated carbocycles. The van der Waals surface area contributed by atoms with Crippen molar-refractivity contribution < 1.29 is 80.2 Å². The Balaban J connectivity index is 5.25. The van der Waals surface area contributed by atoms with Crippen molar-refractivity contribution in [1.29, 1.82) is 0 Å². The van der Waals surface area contributed by atoms with Gasteiger partial charge in [-0.3, -0.25) is 37.3 Å². The van der Waals surface area contributed by atoms with Crippen molar-refractivity contribution >= 4 is 39.5 Å². The molecule has 0 bridgehead atoms. The van der Waals surface area contributed by atoms with Gasteiger partial charge in [-0.25, -0.2) is 9.13 Å². The zero-order chi connectivity index (χ0) is 78.5. The molecule has 0 aromatic rings. The van der Waals surface area contributed by atoms with Crippen molar-refractivity contribution in [2.45, 2.75) is 490 Å². The van der Waals surface area contributed by atoms with Gasteiger partial charge in [0.25, 0.3) is 0 Å². The summed E-state index contributed by atoms with van der Waals surface area (Å²) in [5.74, 6) is -0.515. The molecule has 2 unspecified atom stereocenters. The van der Waals surface area contributed by atoms with Crippen LogP contribution in [0, 0.1) is 11.8 Å². The smallest absolute Gasteiger partial charge is 0.462 e. The van der Waals surface area contributed by atoms with Gasteiger partial charge in [-0.15, -0.1) is 0 Å². The van der Waals surface area contributed by atoms with E-state index in [9.17, 15) is 43.2 Å². The zero-order valence-electron chi connectivity index (χ0n) is 70.5. The first kappa shape index (κ1) is 105. The van der Waals surface area contributed by atoms with Crippen LogP contribution in [0.1, 0.15) is 472 Å². The average Bonchev–Trinajstić information content (AvgIpc) is 0.903. The minimum absolute atomic E-state index is 0.108. The summed E-state index contributed by atoms with van der Waals surface area (Å²) in [6.45, 7) is 9.72. The Morgan fingerprint density at radius 1 is 0.252 bits per heavy atom. The minimum atomic E-state index is -4.97. The summed E-state index contributed by atoms with van der Waals surface area (Å²) in [6, 6.07) is 0. The van der Waals surface area contributed by atoms with E-state index in [1.54, 1.807) is 0 Å². The highest BCUT2D eigenvalue weighted by Crippen LogP contribution is 2.45. The Morgan fingerprint density at radius 3 is 0.636 bits per heavy atom. The summed E-state index contributed by atoms with van der Waals surface area (Å²) in [5, 5.41) is 10.7. The third-order valence-electron chi connectivity index (χ3n) is 20.7. The number of unbranched alkanes of at least 4 members (excludes halogenated alkanes) is 57. The van der Waals surface area contributed by atoms with Crippen LogP contribution in [0.15, 0.2) is 0 Å². The van der Waals surface area contributed by atoms with E-state index in [-0.39, 0.29) is 25.7 Å². The van der Waals surface area contributed by atoms with Gasteiger partial charge in [0.2, 0.25) is 0 Å². The maximum Gasteiger partial charge on any atom is 0.472 e. The zero-order valence-corrected chi connectivity index (χ0v) is 72.2. The van der Waals surface area contributed by atoms with Gasteiger partial charge in [0, 0.05) is 25.7 Å². The van der Waals surface area contributed by atoms with E-state index < -0.39 is 97.5 Å². The number of hydrogen-bond donors (Lipinski definition) is 3. The molecule has 0 radical (unpaired) electrons. The summed E-state index contributed by atoms with van der Waals surface area (Å²) >= 11 is 0. The number of rotatable bonds is 87. The van der Waals surface area contributed by atoms with Crippen molar-refractivity contribution in [3.8, 4) is 0 Å². The molecule has 636 valence electrons. The Labute approximate surface area is 658 Å². The van der Waals surface area contributed by atoms with Crippen LogP contribution in [0.5, 0.6) is 0 Å². The van der Waals surface area contributed by atoms with Gasteiger partial charge in [0.1, 0.15) is 19.3 Å². The molecule has 0 aliphatic carbocycles. The molecular formula is C88H172O17P2. The Kier molecular flexibility index (Phi) is 77.9. The highest BCUT2D eigenvalue weighted by atomic mass is 31.2. The van der Waals surface area contributed by atoms with Gasteiger partial charge in [-0.2, -0.15) is 0 Å². The third-order valence-corrected chi connectivity index (χ3v) is 22.6. The summed E-state index contributed by atoms with van der Waals surface area (Å²) in [5.41, 5.74) is 0. The second-order valence-electron chi connectivity index (χ2n) is 32.6. The average molecular weight is 1560 g/mol. The molecule has 0 heterocycles. The van der Waals surface area contributed by atoms with Crippen LogP contribution in [-0.2, 0) is 65.4 Å². The Hall–Kier alpha value is -1.94. The van der Waals surface area contributed by atoms with Crippen LogP contribution in [0.25, 0.3) is 0 Å². The lowest BCUT2D eigenvalue weighted by atomic mass is 10.0. The highest BCUT2D eigenvalue weighted by Gasteiger charge is 2.30. The summed E-state index contributed by atoms with van der Waals surface area (Å²) < 4.78 is 69.0. The molecule has 0 aliphatic heterocycles. The molecular weight excluding hydrogens is 1390 g/mol. The number of carbonyl (C=O) groups excluding carboxylic acids is 4. The Bertz CT molecular complexity index is 2050. The van der Waals surface area contributed by atoms with Crippen molar-refractivity contribution in [2.75, 3.05) is 39.6 Å². The van der Waals surface area contributed by atoms with Crippen LogP contribution in [0.4, 0.5) is 0 Å². The van der Waals surface area contributed by atoms with E-state index in [1.165, 1.54) is 289 Å². The first-order valence-electron chi connectivity index (χ1n) is 45.5. The van der Waals surface area contributed by atoms with Crippen molar-refractivity contribution in [2.24, 2.45) is 11.8 Å². The van der Waals surface area contributed by atoms with E-state index in [0.717, 1.165) is 102 Å². The van der Waals surface area contributed by atoms with E-state index in [4.69, 9.17) is 37.0 Å². The molecule has 0 aromatic heterocycles. The first-order chi connectivity index (χ1) is 51.9. The fraction of sp³-hybridized carbons (Fsp3) is 0.955.